The summed E-state index contributed by atoms with van der Waals surface area (Å²) in [6.07, 6.45) is -4.36. The molecule has 132 valence electrons. The minimum absolute atomic E-state index is 0.246. The zero-order chi connectivity index (χ0) is 18.4. The minimum atomic E-state index is -5.07. The predicted octanol–water partition coefficient (Wildman–Crippen LogP) is 5.53. The molecule has 0 bridgehead atoms. The van der Waals surface area contributed by atoms with Gasteiger partial charge in [0.1, 0.15) is 16.5 Å². The van der Waals surface area contributed by atoms with Crippen molar-refractivity contribution in [2.75, 3.05) is 5.73 Å². The Morgan fingerprint density at radius 3 is 2.21 bits per heavy atom. The SMILES string of the molecule is Nc1c(SC(F)(F)F)cnn1-c1c(Cl)cc(C(F)(F)F)c(F)c1Cl. The Morgan fingerprint density at radius 1 is 1.12 bits per heavy atom. The summed E-state index contributed by atoms with van der Waals surface area (Å²) >= 11 is 10.6. The first-order chi connectivity index (χ1) is 10.8. The van der Waals surface area contributed by atoms with Crippen LogP contribution in [0.5, 0.6) is 0 Å². The van der Waals surface area contributed by atoms with Gasteiger partial charge in [-0.25, -0.2) is 9.07 Å². The Balaban J connectivity index is 2.61. The van der Waals surface area contributed by atoms with E-state index in [4.69, 9.17) is 28.9 Å². The van der Waals surface area contributed by atoms with Crippen molar-refractivity contribution >= 4 is 40.8 Å². The molecule has 0 aliphatic heterocycles. The van der Waals surface area contributed by atoms with Crippen LogP contribution < -0.4 is 5.73 Å². The highest BCUT2D eigenvalue weighted by molar-refractivity contribution is 8.00. The van der Waals surface area contributed by atoms with E-state index >= 15 is 0 Å². The zero-order valence-corrected chi connectivity index (χ0v) is 13.3. The second-order valence-electron chi connectivity index (χ2n) is 4.23. The van der Waals surface area contributed by atoms with E-state index in [1.807, 2.05) is 0 Å². The van der Waals surface area contributed by atoms with E-state index in [9.17, 15) is 30.7 Å². The number of hydrogen-bond donors (Lipinski definition) is 1. The number of nitrogens with zero attached hydrogens (tertiary/aromatic N) is 2. The normalized spacial score (nSPS) is 12.7. The quantitative estimate of drug-likeness (QED) is 0.399. The Kier molecular flexibility index (Phi) is 4.90. The van der Waals surface area contributed by atoms with Gasteiger partial charge >= 0.3 is 11.7 Å². The van der Waals surface area contributed by atoms with Gasteiger partial charge in [0, 0.05) is 0 Å². The highest BCUT2D eigenvalue weighted by atomic mass is 35.5. The van der Waals surface area contributed by atoms with Crippen LogP contribution in [0.15, 0.2) is 17.2 Å². The zero-order valence-electron chi connectivity index (χ0n) is 10.9. The van der Waals surface area contributed by atoms with E-state index in [1.165, 1.54) is 0 Å². The number of rotatable bonds is 2. The van der Waals surface area contributed by atoms with Crippen LogP contribution in [0.1, 0.15) is 5.56 Å². The van der Waals surface area contributed by atoms with Gasteiger partial charge in [-0.3, -0.25) is 0 Å². The lowest BCUT2D eigenvalue weighted by molar-refractivity contribution is -0.139. The molecule has 0 atom stereocenters. The van der Waals surface area contributed by atoms with Crippen molar-refractivity contribution in [3.63, 3.8) is 0 Å². The Morgan fingerprint density at radius 2 is 1.71 bits per heavy atom. The third kappa shape index (κ3) is 3.67. The second-order valence-corrected chi connectivity index (χ2v) is 6.13. The second kappa shape index (κ2) is 6.19. The topological polar surface area (TPSA) is 43.8 Å². The largest absolute Gasteiger partial charge is 0.446 e. The fraction of sp³-hybridized carbons (Fsp3) is 0.182. The number of aromatic nitrogens is 2. The van der Waals surface area contributed by atoms with E-state index in [0.717, 1.165) is 0 Å². The molecule has 0 amide bonds. The Bertz CT molecular complexity index is 785. The van der Waals surface area contributed by atoms with Crippen molar-refractivity contribution < 1.29 is 30.7 Å². The van der Waals surface area contributed by atoms with Crippen LogP contribution in [-0.4, -0.2) is 15.3 Å². The highest BCUT2D eigenvalue weighted by Gasteiger charge is 2.37. The first-order valence-corrected chi connectivity index (χ1v) is 7.24. The molecular weight excluding hydrogens is 410 g/mol. The third-order valence-corrected chi connectivity index (χ3v) is 4.05. The molecule has 2 rings (SSSR count). The van der Waals surface area contributed by atoms with Crippen molar-refractivity contribution in [3.05, 3.63) is 33.7 Å². The number of thioether (sulfide) groups is 1. The van der Waals surface area contributed by atoms with Crippen LogP contribution >= 0.6 is 35.0 Å². The lowest BCUT2D eigenvalue weighted by atomic mass is 10.2. The van der Waals surface area contributed by atoms with Crippen LogP contribution in [0, 0.1) is 5.82 Å². The molecule has 0 unspecified atom stereocenters. The van der Waals surface area contributed by atoms with E-state index in [-0.39, 0.29) is 6.07 Å². The summed E-state index contributed by atoms with van der Waals surface area (Å²) in [4.78, 5) is -0.546. The molecule has 0 aliphatic carbocycles. The van der Waals surface area contributed by atoms with Gasteiger partial charge in [0.15, 0.2) is 5.82 Å². The minimum Gasteiger partial charge on any atom is -0.383 e. The monoisotopic (exact) mass is 413 g/mol. The molecule has 0 spiro atoms. The van der Waals surface area contributed by atoms with E-state index < -0.39 is 61.3 Å². The molecule has 0 aliphatic rings. The average Bonchev–Trinajstić information content (AvgIpc) is 2.73. The van der Waals surface area contributed by atoms with Crippen LogP contribution in [-0.2, 0) is 6.18 Å². The summed E-state index contributed by atoms with van der Waals surface area (Å²) in [6.45, 7) is 0. The number of hydrogen-bond acceptors (Lipinski definition) is 3. The molecule has 0 radical (unpaired) electrons. The maximum absolute atomic E-state index is 13.9. The van der Waals surface area contributed by atoms with E-state index in [2.05, 4.69) is 5.10 Å². The van der Waals surface area contributed by atoms with Gasteiger partial charge in [0.05, 0.1) is 21.7 Å². The molecule has 0 saturated carbocycles. The summed E-state index contributed by atoms with van der Waals surface area (Å²) < 4.78 is 89.5. The van der Waals surface area contributed by atoms with Crippen LogP contribution in [0.3, 0.4) is 0 Å². The summed E-state index contributed by atoms with van der Waals surface area (Å²) in [5.74, 6) is -2.45. The summed E-state index contributed by atoms with van der Waals surface area (Å²) in [7, 11) is 0. The average molecular weight is 414 g/mol. The maximum atomic E-state index is 13.9. The van der Waals surface area contributed by atoms with Gasteiger partial charge in [0.2, 0.25) is 0 Å². The summed E-state index contributed by atoms with van der Waals surface area (Å²) in [6, 6.07) is 0.246. The lowest BCUT2D eigenvalue weighted by Gasteiger charge is -2.15. The number of alkyl halides is 6. The van der Waals surface area contributed by atoms with Crippen LogP contribution in [0.4, 0.5) is 36.6 Å². The molecule has 13 heteroatoms. The number of benzene rings is 1. The lowest BCUT2D eigenvalue weighted by Crippen LogP contribution is -2.12. The fourth-order valence-electron chi connectivity index (χ4n) is 1.71. The molecule has 0 saturated heterocycles. The van der Waals surface area contributed by atoms with Crippen molar-refractivity contribution in [2.24, 2.45) is 0 Å². The van der Waals surface area contributed by atoms with Gasteiger partial charge in [-0.05, 0) is 17.8 Å². The fourth-order valence-corrected chi connectivity index (χ4v) is 2.87. The number of nitrogen functional groups attached to an aromatic ring is 1. The molecule has 1 aromatic carbocycles. The molecule has 2 N–H and O–H groups in total. The predicted molar refractivity (Wildman–Crippen MR) is 74.9 cm³/mol. The first-order valence-electron chi connectivity index (χ1n) is 5.67. The Hall–Kier alpha value is -1.33. The maximum Gasteiger partial charge on any atom is 0.446 e. The standard InChI is InChI=1S/C11H4Cl2F7N3S/c12-4-1-3(10(15,16)17)7(14)6(13)8(4)23-9(21)5(2-22-23)24-11(18,19)20/h1-2H,21H2. The first kappa shape index (κ1) is 19.0. The summed E-state index contributed by atoms with van der Waals surface area (Å²) in [5, 5.41) is 1.72. The third-order valence-electron chi connectivity index (χ3n) is 2.65. The van der Waals surface area contributed by atoms with Crippen LogP contribution in [0.25, 0.3) is 5.69 Å². The van der Waals surface area contributed by atoms with Gasteiger partial charge < -0.3 is 5.73 Å². The summed E-state index contributed by atoms with van der Waals surface area (Å²) in [5.41, 5.74) is -1.53. The van der Waals surface area contributed by atoms with Crippen molar-refractivity contribution in [3.8, 4) is 5.69 Å². The molecule has 1 aromatic heterocycles. The number of halogens is 9. The van der Waals surface area contributed by atoms with Crippen molar-refractivity contribution in [1.82, 2.24) is 9.78 Å². The van der Waals surface area contributed by atoms with Gasteiger partial charge in [-0.1, -0.05) is 23.2 Å². The van der Waals surface area contributed by atoms with Crippen molar-refractivity contribution in [1.29, 1.82) is 0 Å². The molecule has 0 fully saturated rings. The molecule has 24 heavy (non-hydrogen) atoms. The smallest absolute Gasteiger partial charge is 0.383 e. The van der Waals surface area contributed by atoms with E-state index in [0.29, 0.717) is 10.9 Å². The molecular formula is C11H4Cl2F7N3S. The van der Waals surface area contributed by atoms with Gasteiger partial charge in [-0.2, -0.15) is 31.4 Å². The van der Waals surface area contributed by atoms with Crippen LogP contribution in [0.2, 0.25) is 10.0 Å². The number of nitrogens with two attached hydrogens (primary N) is 1. The van der Waals surface area contributed by atoms with Crippen molar-refractivity contribution in [2.45, 2.75) is 16.6 Å². The molecule has 3 nitrogen and oxygen atoms in total. The number of anilines is 1. The molecule has 1 heterocycles. The van der Waals surface area contributed by atoms with E-state index in [1.54, 1.807) is 0 Å². The van der Waals surface area contributed by atoms with Gasteiger partial charge in [0.25, 0.3) is 0 Å². The van der Waals surface area contributed by atoms with Gasteiger partial charge in [-0.15, -0.1) is 0 Å². The highest BCUT2D eigenvalue weighted by Crippen LogP contribution is 2.43. The Labute approximate surface area is 143 Å². The molecule has 2 aromatic rings.